The summed E-state index contributed by atoms with van der Waals surface area (Å²) < 4.78 is 5.82. The van der Waals surface area contributed by atoms with Crippen LogP contribution in [0, 0.1) is 11.3 Å². The summed E-state index contributed by atoms with van der Waals surface area (Å²) in [6.07, 6.45) is 1.91. The van der Waals surface area contributed by atoms with E-state index in [4.69, 9.17) is 4.74 Å². The van der Waals surface area contributed by atoms with Crippen molar-refractivity contribution in [3.63, 3.8) is 0 Å². The molecule has 0 unspecified atom stereocenters. The Morgan fingerprint density at radius 1 is 1.21 bits per heavy atom. The molecule has 29 heavy (non-hydrogen) atoms. The van der Waals surface area contributed by atoms with Gasteiger partial charge in [-0.15, -0.1) is 11.8 Å². The van der Waals surface area contributed by atoms with E-state index in [0.717, 1.165) is 16.3 Å². The lowest BCUT2D eigenvalue weighted by Crippen LogP contribution is -2.30. The molecule has 0 saturated heterocycles. The highest BCUT2D eigenvalue weighted by molar-refractivity contribution is 8.02. The normalized spacial score (nSPS) is 16.1. The number of hydrogen-bond acceptors (Lipinski definition) is 5. The zero-order valence-corrected chi connectivity index (χ0v) is 17.5. The molecule has 0 aromatic heterocycles. The number of carbonyl (C=O) groups is 1. The first kappa shape index (κ1) is 20.6. The predicted octanol–water partition coefficient (Wildman–Crippen LogP) is 4.78. The first-order valence-electron chi connectivity index (χ1n) is 9.34. The number of anilines is 1. The number of amides is 1. The number of nitriles is 1. The molecule has 1 aliphatic heterocycles. The lowest BCUT2D eigenvalue weighted by molar-refractivity contribution is -0.113. The molecule has 1 heterocycles. The largest absolute Gasteiger partial charge is 0.494 e. The highest BCUT2D eigenvalue weighted by atomic mass is 32.2. The molecule has 0 spiro atoms. The minimum absolute atomic E-state index is 0.245. The van der Waals surface area contributed by atoms with Crippen LogP contribution in [0.2, 0.25) is 0 Å². The van der Waals surface area contributed by atoms with Crippen LogP contribution in [0.25, 0.3) is 0 Å². The fourth-order valence-corrected chi connectivity index (χ4v) is 4.05. The molecular formula is C23H23N3O2S. The molecule has 5 nitrogen and oxygen atoms in total. The van der Waals surface area contributed by atoms with Crippen LogP contribution in [0.15, 0.2) is 76.5 Å². The summed E-state index contributed by atoms with van der Waals surface area (Å²) in [6.45, 7) is 4.27. The lowest BCUT2D eigenvalue weighted by atomic mass is 9.81. The van der Waals surface area contributed by atoms with Gasteiger partial charge >= 0.3 is 0 Å². The smallest absolute Gasteiger partial charge is 0.254 e. The number of carbonyl (C=O) groups excluding carboxylic acids is 1. The Morgan fingerprint density at radius 3 is 2.55 bits per heavy atom. The molecular weight excluding hydrogens is 382 g/mol. The molecule has 3 rings (SSSR count). The van der Waals surface area contributed by atoms with E-state index >= 15 is 0 Å². The summed E-state index contributed by atoms with van der Waals surface area (Å²) in [5.74, 6) is -0.0894. The third-order valence-electron chi connectivity index (χ3n) is 4.66. The fraction of sp³-hybridized carbons (Fsp3) is 0.217. The van der Waals surface area contributed by atoms with E-state index in [1.165, 1.54) is 11.8 Å². The standard InChI is InChI=1S/C23H23N3O2S/c1-4-28-19-13-9-8-12-17(19)21-18(14-24)23(29-3)25-15(2)20(21)22(27)26-16-10-6-5-7-11-16/h5-13,21,25H,4H2,1-3H3,(H,26,27)/t21-/m0/s1. The van der Waals surface area contributed by atoms with E-state index in [9.17, 15) is 10.1 Å². The van der Waals surface area contributed by atoms with Gasteiger partial charge in [-0.05, 0) is 38.3 Å². The summed E-state index contributed by atoms with van der Waals surface area (Å²) in [5.41, 5.74) is 3.24. The summed E-state index contributed by atoms with van der Waals surface area (Å²) in [7, 11) is 0. The molecule has 0 saturated carbocycles. The van der Waals surface area contributed by atoms with Crippen LogP contribution in [-0.2, 0) is 4.79 Å². The van der Waals surface area contributed by atoms with Crippen LogP contribution in [0.4, 0.5) is 5.69 Å². The molecule has 0 radical (unpaired) electrons. The van der Waals surface area contributed by atoms with Gasteiger partial charge in [-0.2, -0.15) is 5.26 Å². The van der Waals surface area contributed by atoms with E-state index in [0.29, 0.717) is 29.2 Å². The molecule has 1 aliphatic rings. The molecule has 6 heteroatoms. The first-order valence-corrected chi connectivity index (χ1v) is 10.6. The molecule has 2 N–H and O–H groups in total. The Balaban J connectivity index is 2.12. The average molecular weight is 406 g/mol. The summed E-state index contributed by atoms with van der Waals surface area (Å²) >= 11 is 1.46. The number of allylic oxidation sites excluding steroid dienone is 2. The number of rotatable bonds is 6. The van der Waals surface area contributed by atoms with Gasteiger partial charge in [0.2, 0.25) is 0 Å². The van der Waals surface area contributed by atoms with Crippen molar-refractivity contribution in [3.8, 4) is 11.8 Å². The Bertz CT molecular complexity index is 1010. The zero-order valence-electron chi connectivity index (χ0n) is 16.7. The number of dihydropyridines is 1. The van der Waals surface area contributed by atoms with Crippen molar-refractivity contribution < 1.29 is 9.53 Å². The van der Waals surface area contributed by atoms with Gasteiger partial charge in [-0.1, -0.05) is 36.4 Å². The number of hydrogen-bond donors (Lipinski definition) is 2. The van der Waals surface area contributed by atoms with Gasteiger partial charge in [0.15, 0.2) is 0 Å². The van der Waals surface area contributed by atoms with Crippen LogP contribution in [0.1, 0.15) is 25.3 Å². The predicted molar refractivity (Wildman–Crippen MR) is 117 cm³/mol. The van der Waals surface area contributed by atoms with Crippen LogP contribution in [0.3, 0.4) is 0 Å². The Morgan fingerprint density at radius 2 is 1.90 bits per heavy atom. The first-order chi connectivity index (χ1) is 14.1. The molecule has 1 atom stereocenters. The van der Waals surface area contributed by atoms with E-state index in [1.54, 1.807) is 0 Å². The number of nitrogens with one attached hydrogen (secondary N) is 2. The second-order valence-corrected chi connectivity index (χ2v) is 7.26. The highest BCUT2D eigenvalue weighted by Gasteiger charge is 2.35. The number of benzene rings is 2. The van der Waals surface area contributed by atoms with Gasteiger partial charge in [-0.3, -0.25) is 4.79 Å². The Labute approximate surface area is 175 Å². The van der Waals surface area contributed by atoms with E-state index < -0.39 is 5.92 Å². The maximum atomic E-state index is 13.3. The van der Waals surface area contributed by atoms with E-state index in [2.05, 4.69) is 16.7 Å². The monoisotopic (exact) mass is 405 g/mol. The van der Waals surface area contributed by atoms with Crippen LogP contribution in [0.5, 0.6) is 5.75 Å². The molecule has 2 aromatic carbocycles. The average Bonchev–Trinajstić information content (AvgIpc) is 2.74. The van der Waals surface area contributed by atoms with Gasteiger partial charge in [0, 0.05) is 22.5 Å². The zero-order chi connectivity index (χ0) is 20.8. The van der Waals surface area contributed by atoms with E-state index in [1.807, 2.05) is 74.7 Å². The van der Waals surface area contributed by atoms with Gasteiger partial charge < -0.3 is 15.4 Å². The number of para-hydroxylation sites is 2. The molecule has 0 bridgehead atoms. The minimum Gasteiger partial charge on any atom is -0.494 e. The van der Waals surface area contributed by atoms with Crippen molar-refractivity contribution in [2.24, 2.45) is 0 Å². The van der Waals surface area contributed by atoms with Crippen LogP contribution >= 0.6 is 11.8 Å². The second-order valence-electron chi connectivity index (χ2n) is 6.45. The van der Waals surface area contributed by atoms with Crippen molar-refractivity contribution in [2.75, 3.05) is 18.2 Å². The molecule has 148 valence electrons. The third-order valence-corrected chi connectivity index (χ3v) is 5.39. The number of ether oxygens (including phenoxy) is 1. The Hall–Kier alpha value is -3.17. The highest BCUT2D eigenvalue weighted by Crippen LogP contribution is 2.43. The van der Waals surface area contributed by atoms with Crippen molar-refractivity contribution in [1.29, 1.82) is 5.26 Å². The SMILES string of the molecule is CCOc1ccccc1[C@H]1C(C#N)=C(SC)NC(C)=C1C(=O)Nc1ccccc1. The number of thioether (sulfide) groups is 1. The van der Waals surface area contributed by atoms with Crippen molar-refractivity contribution in [3.05, 3.63) is 82.0 Å². The second kappa shape index (κ2) is 9.35. The van der Waals surface area contributed by atoms with Gasteiger partial charge in [-0.25, -0.2) is 0 Å². The van der Waals surface area contributed by atoms with Crippen molar-refractivity contribution in [1.82, 2.24) is 5.32 Å². The van der Waals surface area contributed by atoms with Gasteiger partial charge in [0.05, 0.1) is 29.2 Å². The van der Waals surface area contributed by atoms with Crippen molar-refractivity contribution in [2.45, 2.75) is 19.8 Å². The molecule has 1 amide bonds. The molecule has 0 fully saturated rings. The van der Waals surface area contributed by atoms with Crippen molar-refractivity contribution >= 4 is 23.4 Å². The van der Waals surface area contributed by atoms with Gasteiger partial charge in [0.25, 0.3) is 5.91 Å². The fourth-order valence-electron chi connectivity index (χ4n) is 3.41. The third kappa shape index (κ3) is 4.30. The van der Waals surface area contributed by atoms with Crippen LogP contribution in [-0.4, -0.2) is 18.8 Å². The topological polar surface area (TPSA) is 74.1 Å². The quantitative estimate of drug-likeness (QED) is 0.723. The van der Waals surface area contributed by atoms with Crippen LogP contribution < -0.4 is 15.4 Å². The Kier molecular flexibility index (Phi) is 6.63. The lowest BCUT2D eigenvalue weighted by Gasteiger charge is -2.30. The van der Waals surface area contributed by atoms with E-state index in [-0.39, 0.29) is 5.91 Å². The summed E-state index contributed by atoms with van der Waals surface area (Å²) in [4.78, 5) is 13.3. The van der Waals surface area contributed by atoms with Gasteiger partial charge in [0.1, 0.15) is 5.75 Å². The molecule has 0 aliphatic carbocycles. The maximum Gasteiger partial charge on any atom is 0.254 e. The maximum absolute atomic E-state index is 13.3. The summed E-state index contributed by atoms with van der Waals surface area (Å²) in [5, 5.41) is 16.9. The molecule has 2 aromatic rings. The summed E-state index contributed by atoms with van der Waals surface area (Å²) in [6, 6.07) is 19.2. The minimum atomic E-state index is -0.518. The number of nitrogens with zero attached hydrogens (tertiary/aromatic N) is 1.